The van der Waals surface area contributed by atoms with Gasteiger partial charge in [0.15, 0.2) is 0 Å². The van der Waals surface area contributed by atoms with E-state index >= 15 is 0 Å². The van der Waals surface area contributed by atoms with Gasteiger partial charge in [0.25, 0.3) is 0 Å². The van der Waals surface area contributed by atoms with Gasteiger partial charge in [-0.3, -0.25) is 9.59 Å². The van der Waals surface area contributed by atoms with E-state index in [-0.39, 0.29) is 24.8 Å². The predicted molar refractivity (Wildman–Crippen MR) is 148 cm³/mol. The minimum Gasteiger partial charge on any atom is -0.350 e. The largest absolute Gasteiger partial charge is 0.350 e. The zero-order valence-corrected chi connectivity index (χ0v) is 23.1. The number of rotatable bonds is 8. The van der Waals surface area contributed by atoms with E-state index in [1.165, 1.54) is 0 Å². The molecule has 2 amide bonds. The van der Waals surface area contributed by atoms with Gasteiger partial charge in [-0.05, 0) is 69.0 Å². The number of nitrogens with one attached hydrogen (secondary N) is 1. The number of hydrogen-bond donors (Lipinski definition) is 1. The lowest BCUT2D eigenvalue weighted by Gasteiger charge is -2.34. The standard InChI is InChI=1S/C30H34Cl2N2O2/c1-20-11-12-21(2)24(15-20)18-28(35)34(19-23-13-14-25(31)26(32)16-23)27(29(36)33-30(3,4)5)17-22-9-7-6-8-10-22/h6-16,27H,17-19H2,1-5H3,(H,33,36)/t27-/m1/s1. The van der Waals surface area contributed by atoms with Crippen LogP contribution < -0.4 is 5.32 Å². The molecule has 0 unspecified atom stereocenters. The number of carbonyl (C=O) groups is 2. The Bertz CT molecular complexity index is 1220. The molecule has 0 aromatic heterocycles. The van der Waals surface area contributed by atoms with Gasteiger partial charge in [0, 0.05) is 18.5 Å². The minimum absolute atomic E-state index is 0.125. The number of carbonyl (C=O) groups excluding carboxylic acids is 2. The SMILES string of the molecule is Cc1ccc(C)c(CC(=O)N(Cc2ccc(Cl)c(Cl)c2)[C@H](Cc2ccccc2)C(=O)NC(C)(C)C)c1. The van der Waals surface area contributed by atoms with E-state index < -0.39 is 11.6 Å². The summed E-state index contributed by atoms with van der Waals surface area (Å²) in [5.41, 5.74) is 4.42. The van der Waals surface area contributed by atoms with Gasteiger partial charge < -0.3 is 10.2 Å². The summed E-state index contributed by atoms with van der Waals surface area (Å²) < 4.78 is 0. The van der Waals surface area contributed by atoms with Crippen molar-refractivity contribution in [3.8, 4) is 0 Å². The molecule has 0 spiro atoms. The fourth-order valence-electron chi connectivity index (χ4n) is 4.10. The lowest BCUT2D eigenvalue weighted by molar-refractivity contribution is -0.141. The van der Waals surface area contributed by atoms with Crippen LogP contribution in [0.2, 0.25) is 10.0 Å². The van der Waals surface area contributed by atoms with Gasteiger partial charge >= 0.3 is 0 Å². The zero-order chi connectivity index (χ0) is 26.5. The van der Waals surface area contributed by atoms with Crippen LogP contribution in [-0.4, -0.2) is 28.3 Å². The van der Waals surface area contributed by atoms with E-state index in [2.05, 4.69) is 5.32 Å². The zero-order valence-electron chi connectivity index (χ0n) is 21.6. The van der Waals surface area contributed by atoms with Gasteiger partial charge in [-0.1, -0.05) is 83.4 Å². The summed E-state index contributed by atoms with van der Waals surface area (Å²) in [5, 5.41) is 3.94. The number of benzene rings is 3. The molecule has 6 heteroatoms. The highest BCUT2D eigenvalue weighted by molar-refractivity contribution is 6.42. The molecular weight excluding hydrogens is 491 g/mol. The predicted octanol–water partition coefficient (Wildman–Crippen LogP) is 6.71. The van der Waals surface area contributed by atoms with Crippen molar-refractivity contribution in [2.24, 2.45) is 0 Å². The Morgan fingerprint density at radius 3 is 2.22 bits per heavy atom. The second-order valence-electron chi connectivity index (χ2n) is 10.3. The van der Waals surface area contributed by atoms with Crippen LogP contribution in [0.25, 0.3) is 0 Å². The third kappa shape index (κ3) is 7.84. The number of hydrogen-bond acceptors (Lipinski definition) is 2. The Labute approximate surface area is 224 Å². The van der Waals surface area contributed by atoms with Crippen LogP contribution in [0.5, 0.6) is 0 Å². The number of aryl methyl sites for hydroxylation is 2. The molecular formula is C30H34Cl2N2O2. The van der Waals surface area contributed by atoms with E-state index in [1.807, 2.05) is 89.2 Å². The van der Waals surface area contributed by atoms with Crippen molar-refractivity contribution in [3.05, 3.63) is 105 Å². The smallest absolute Gasteiger partial charge is 0.243 e. The molecule has 3 aromatic carbocycles. The first-order valence-electron chi connectivity index (χ1n) is 12.1. The van der Waals surface area contributed by atoms with E-state index in [1.54, 1.807) is 17.0 Å². The average Bonchev–Trinajstić information content (AvgIpc) is 2.80. The Kier molecular flexibility index (Phi) is 9.21. The molecule has 190 valence electrons. The van der Waals surface area contributed by atoms with Gasteiger partial charge in [0.2, 0.25) is 11.8 Å². The Morgan fingerprint density at radius 1 is 0.889 bits per heavy atom. The summed E-state index contributed by atoms with van der Waals surface area (Å²) >= 11 is 12.4. The van der Waals surface area contributed by atoms with E-state index in [9.17, 15) is 9.59 Å². The summed E-state index contributed by atoms with van der Waals surface area (Å²) in [6.45, 7) is 10.0. The molecule has 0 fully saturated rings. The van der Waals surface area contributed by atoms with Gasteiger partial charge in [-0.15, -0.1) is 0 Å². The maximum absolute atomic E-state index is 13.9. The fraction of sp³-hybridized carbons (Fsp3) is 0.333. The summed E-state index contributed by atoms with van der Waals surface area (Å²) in [5.74, 6) is -0.319. The molecule has 3 rings (SSSR count). The van der Waals surface area contributed by atoms with Crippen LogP contribution in [0, 0.1) is 13.8 Å². The first-order chi connectivity index (χ1) is 16.9. The van der Waals surface area contributed by atoms with Crippen molar-refractivity contribution < 1.29 is 9.59 Å². The van der Waals surface area contributed by atoms with Crippen LogP contribution in [-0.2, 0) is 29.0 Å². The van der Waals surface area contributed by atoms with E-state index in [4.69, 9.17) is 23.2 Å². The first kappa shape index (κ1) is 27.8. The summed E-state index contributed by atoms with van der Waals surface area (Å²) in [6.07, 6.45) is 0.589. The molecule has 0 heterocycles. The Hall–Kier alpha value is -2.82. The second kappa shape index (κ2) is 11.9. The summed E-state index contributed by atoms with van der Waals surface area (Å²) in [4.78, 5) is 29.2. The van der Waals surface area contributed by atoms with Crippen LogP contribution in [0.1, 0.15) is 48.6 Å². The summed E-state index contributed by atoms with van der Waals surface area (Å²) in [6, 6.07) is 20.5. The van der Waals surface area contributed by atoms with Crippen LogP contribution in [0.4, 0.5) is 0 Å². The number of nitrogens with zero attached hydrogens (tertiary/aromatic N) is 1. The normalized spacial score (nSPS) is 12.2. The summed E-state index contributed by atoms with van der Waals surface area (Å²) in [7, 11) is 0. The average molecular weight is 526 g/mol. The van der Waals surface area contributed by atoms with Gasteiger partial charge in [-0.25, -0.2) is 0 Å². The van der Waals surface area contributed by atoms with Crippen molar-refractivity contribution in [1.29, 1.82) is 0 Å². The van der Waals surface area contributed by atoms with Crippen molar-refractivity contribution in [2.75, 3.05) is 0 Å². The van der Waals surface area contributed by atoms with Crippen LogP contribution in [0.15, 0.2) is 66.7 Å². The fourth-order valence-corrected chi connectivity index (χ4v) is 4.42. The molecule has 0 aliphatic heterocycles. The molecule has 1 atom stereocenters. The molecule has 3 aromatic rings. The number of amides is 2. The van der Waals surface area contributed by atoms with E-state index in [0.717, 1.165) is 27.8 Å². The Balaban J connectivity index is 2.04. The van der Waals surface area contributed by atoms with E-state index in [0.29, 0.717) is 16.5 Å². The number of halogens is 2. The van der Waals surface area contributed by atoms with Crippen molar-refractivity contribution in [1.82, 2.24) is 10.2 Å². The highest BCUT2D eigenvalue weighted by atomic mass is 35.5. The molecule has 0 aliphatic carbocycles. The third-order valence-electron chi connectivity index (χ3n) is 5.95. The van der Waals surface area contributed by atoms with Crippen molar-refractivity contribution >= 4 is 35.0 Å². The molecule has 4 nitrogen and oxygen atoms in total. The molecule has 0 bridgehead atoms. The lowest BCUT2D eigenvalue weighted by atomic mass is 9.98. The van der Waals surface area contributed by atoms with Crippen molar-refractivity contribution in [3.63, 3.8) is 0 Å². The lowest BCUT2D eigenvalue weighted by Crippen LogP contribution is -2.54. The van der Waals surface area contributed by atoms with Crippen LogP contribution >= 0.6 is 23.2 Å². The monoisotopic (exact) mass is 524 g/mol. The quantitative estimate of drug-likeness (QED) is 0.356. The molecule has 0 saturated heterocycles. The second-order valence-corrected chi connectivity index (χ2v) is 11.1. The maximum Gasteiger partial charge on any atom is 0.243 e. The van der Waals surface area contributed by atoms with Gasteiger partial charge in [-0.2, -0.15) is 0 Å². The molecule has 0 radical (unpaired) electrons. The highest BCUT2D eigenvalue weighted by Gasteiger charge is 2.32. The minimum atomic E-state index is -0.710. The molecule has 0 saturated carbocycles. The first-order valence-corrected chi connectivity index (χ1v) is 12.8. The molecule has 1 N–H and O–H groups in total. The maximum atomic E-state index is 13.9. The van der Waals surface area contributed by atoms with Gasteiger partial charge in [0.1, 0.15) is 6.04 Å². The Morgan fingerprint density at radius 2 is 1.58 bits per heavy atom. The highest BCUT2D eigenvalue weighted by Crippen LogP contribution is 2.25. The van der Waals surface area contributed by atoms with Crippen molar-refractivity contribution in [2.45, 2.75) is 65.6 Å². The molecule has 0 aliphatic rings. The third-order valence-corrected chi connectivity index (χ3v) is 6.69. The van der Waals surface area contributed by atoms with Gasteiger partial charge in [0.05, 0.1) is 16.5 Å². The topological polar surface area (TPSA) is 49.4 Å². The molecule has 36 heavy (non-hydrogen) atoms. The van der Waals surface area contributed by atoms with Crippen LogP contribution in [0.3, 0.4) is 0 Å².